The molecule has 0 radical (unpaired) electrons. The molecule has 3 amide bonds. The minimum Gasteiger partial charge on any atom is -0.333 e. The highest BCUT2D eigenvalue weighted by Gasteiger charge is 2.29. The summed E-state index contributed by atoms with van der Waals surface area (Å²) in [6.07, 6.45) is 1.000. The van der Waals surface area contributed by atoms with Gasteiger partial charge in [0.05, 0.1) is 11.4 Å². The van der Waals surface area contributed by atoms with E-state index in [9.17, 15) is 18.0 Å². The molecule has 2 N–H and O–H groups in total. The number of hydrogen-bond donors (Lipinski definition) is 2. The van der Waals surface area contributed by atoms with Crippen LogP contribution in [0.2, 0.25) is 0 Å². The van der Waals surface area contributed by atoms with Gasteiger partial charge in [0, 0.05) is 31.7 Å². The van der Waals surface area contributed by atoms with Crippen LogP contribution in [0, 0.1) is 0 Å². The number of rotatable bonds is 6. The topological polar surface area (TPSA) is 98.8 Å². The van der Waals surface area contributed by atoms with Gasteiger partial charge in [-0.2, -0.15) is 4.31 Å². The molecule has 168 valence electrons. The van der Waals surface area contributed by atoms with Crippen molar-refractivity contribution in [1.29, 1.82) is 0 Å². The molecule has 0 spiro atoms. The molecule has 0 aromatic heterocycles. The van der Waals surface area contributed by atoms with E-state index in [4.69, 9.17) is 0 Å². The van der Waals surface area contributed by atoms with Gasteiger partial charge in [0.15, 0.2) is 0 Å². The molecule has 0 saturated carbocycles. The van der Waals surface area contributed by atoms with Gasteiger partial charge in [-0.25, -0.2) is 13.2 Å². The molecule has 1 unspecified atom stereocenters. The second-order valence-electron chi connectivity index (χ2n) is 8.81. The first-order chi connectivity index (χ1) is 13.9. The SMILES string of the molecule is CCC(C)c1ccc(S(=O)(=O)N2CCN(CC(=O)NC(=O)NC(C)(C)C)CC2)cc1. The molecule has 1 saturated heterocycles. The van der Waals surface area contributed by atoms with E-state index in [2.05, 4.69) is 24.5 Å². The van der Waals surface area contributed by atoms with Gasteiger partial charge in [-0.15, -0.1) is 0 Å². The molecule has 30 heavy (non-hydrogen) atoms. The van der Waals surface area contributed by atoms with Gasteiger partial charge in [0.1, 0.15) is 0 Å². The van der Waals surface area contributed by atoms with Crippen LogP contribution in [0.15, 0.2) is 29.2 Å². The van der Waals surface area contributed by atoms with Crippen molar-refractivity contribution in [3.8, 4) is 0 Å². The number of benzene rings is 1. The summed E-state index contributed by atoms with van der Waals surface area (Å²) in [5.41, 5.74) is 0.694. The van der Waals surface area contributed by atoms with Gasteiger partial charge in [-0.3, -0.25) is 15.0 Å². The van der Waals surface area contributed by atoms with E-state index < -0.39 is 27.5 Å². The number of nitrogens with zero attached hydrogens (tertiary/aromatic N) is 2. The van der Waals surface area contributed by atoms with Gasteiger partial charge >= 0.3 is 6.03 Å². The lowest BCUT2D eigenvalue weighted by atomic mass is 9.99. The van der Waals surface area contributed by atoms with Gasteiger partial charge < -0.3 is 5.32 Å². The van der Waals surface area contributed by atoms with Crippen LogP contribution in [-0.2, 0) is 14.8 Å². The molecule has 1 heterocycles. The Morgan fingerprint density at radius 2 is 1.63 bits per heavy atom. The average molecular weight is 439 g/mol. The molecule has 1 atom stereocenters. The molecule has 8 nitrogen and oxygen atoms in total. The van der Waals surface area contributed by atoms with Crippen molar-refractivity contribution in [2.75, 3.05) is 32.7 Å². The lowest BCUT2D eigenvalue weighted by molar-refractivity contribution is -0.121. The van der Waals surface area contributed by atoms with E-state index in [1.165, 1.54) is 4.31 Å². The van der Waals surface area contributed by atoms with Gasteiger partial charge in [-0.1, -0.05) is 26.0 Å². The number of carbonyl (C=O) groups excluding carboxylic acids is 2. The molecular weight excluding hydrogens is 404 g/mol. The largest absolute Gasteiger partial charge is 0.333 e. The fourth-order valence-corrected chi connectivity index (χ4v) is 4.64. The Hall–Kier alpha value is -1.97. The summed E-state index contributed by atoms with van der Waals surface area (Å²) in [6, 6.07) is 6.57. The predicted molar refractivity (Wildman–Crippen MR) is 117 cm³/mol. The zero-order valence-corrected chi connectivity index (χ0v) is 19.4. The van der Waals surface area contributed by atoms with Crippen molar-refractivity contribution >= 4 is 22.0 Å². The quantitative estimate of drug-likeness (QED) is 0.709. The normalized spacial score (nSPS) is 17.4. The maximum Gasteiger partial charge on any atom is 0.321 e. The van der Waals surface area contributed by atoms with Crippen LogP contribution in [0.5, 0.6) is 0 Å². The molecule has 1 aromatic carbocycles. The van der Waals surface area contributed by atoms with Gasteiger partial charge in [-0.05, 0) is 50.8 Å². The zero-order chi connectivity index (χ0) is 22.5. The van der Waals surface area contributed by atoms with Crippen molar-refractivity contribution in [3.63, 3.8) is 0 Å². The number of carbonyl (C=O) groups is 2. The van der Waals surface area contributed by atoms with Crippen LogP contribution >= 0.6 is 0 Å². The number of imide groups is 1. The average Bonchev–Trinajstić information content (AvgIpc) is 2.66. The molecule has 2 rings (SSSR count). The number of piperazine rings is 1. The maximum atomic E-state index is 12.9. The van der Waals surface area contributed by atoms with Crippen LogP contribution < -0.4 is 10.6 Å². The number of hydrogen-bond acceptors (Lipinski definition) is 5. The van der Waals surface area contributed by atoms with E-state index >= 15 is 0 Å². The molecular formula is C21H34N4O4S. The fourth-order valence-electron chi connectivity index (χ4n) is 3.22. The Kier molecular flexibility index (Phi) is 8.01. The van der Waals surface area contributed by atoms with Crippen molar-refractivity contribution in [3.05, 3.63) is 29.8 Å². The summed E-state index contributed by atoms with van der Waals surface area (Å²) in [6.45, 7) is 11.2. The third-order valence-electron chi connectivity index (χ3n) is 5.14. The first-order valence-electron chi connectivity index (χ1n) is 10.4. The van der Waals surface area contributed by atoms with Crippen LogP contribution in [0.3, 0.4) is 0 Å². The highest BCUT2D eigenvalue weighted by molar-refractivity contribution is 7.89. The molecule has 1 aromatic rings. The Morgan fingerprint density at radius 3 is 2.13 bits per heavy atom. The Labute approximate surface area is 180 Å². The fraction of sp³-hybridized carbons (Fsp3) is 0.619. The summed E-state index contributed by atoms with van der Waals surface area (Å²) in [5, 5.41) is 4.98. The van der Waals surface area contributed by atoms with Gasteiger partial charge in [0.2, 0.25) is 15.9 Å². The number of amides is 3. The monoisotopic (exact) mass is 438 g/mol. The van der Waals surface area contributed by atoms with Crippen molar-refractivity contribution in [2.24, 2.45) is 0 Å². The van der Waals surface area contributed by atoms with Crippen LogP contribution in [0.1, 0.15) is 52.5 Å². The van der Waals surface area contributed by atoms with Crippen molar-refractivity contribution in [1.82, 2.24) is 19.8 Å². The molecule has 1 fully saturated rings. The molecule has 0 bridgehead atoms. The lowest BCUT2D eigenvalue weighted by Gasteiger charge is -2.33. The number of urea groups is 1. The first-order valence-corrected chi connectivity index (χ1v) is 11.8. The maximum absolute atomic E-state index is 12.9. The van der Waals surface area contributed by atoms with Crippen LogP contribution in [-0.4, -0.2) is 67.8 Å². The van der Waals surface area contributed by atoms with E-state index in [1.54, 1.807) is 12.1 Å². The smallest absolute Gasteiger partial charge is 0.321 e. The van der Waals surface area contributed by atoms with Crippen LogP contribution in [0.25, 0.3) is 0 Å². The predicted octanol–water partition coefficient (Wildman–Crippen LogP) is 2.13. The third-order valence-corrected chi connectivity index (χ3v) is 7.05. The number of nitrogens with one attached hydrogen (secondary N) is 2. The molecule has 9 heteroatoms. The highest BCUT2D eigenvalue weighted by Crippen LogP contribution is 2.23. The number of sulfonamides is 1. The molecule has 1 aliphatic rings. The second kappa shape index (κ2) is 9.89. The molecule has 0 aliphatic carbocycles. The lowest BCUT2D eigenvalue weighted by Crippen LogP contribution is -2.53. The standard InChI is InChI=1S/C21H34N4O4S/c1-6-16(2)17-7-9-18(10-8-17)30(28,29)25-13-11-24(12-14-25)15-19(26)22-20(27)23-21(3,4)5/h7-10,16H,6,11-15H2,1-5H3,(H2,22,23,26,27). The van der Waals surface area contributed by atoms with E-state index in [-0.39, 0.29) is 6.54 Å². The summed E-state index contributed by atoms with van der Waals surface area (Å²) in [4.78, 5) is 26.0. The Morgan fingerprint density at radius 1 is 1.07 bits per heavy atom. The zero-order valence-electron chi connectivity index (χ0n) is 18.6. The first kappa shape index (κ1) is 24.3. The summed E-state index contributed by atoms with van der Waals surface area (Å²) >= 11 is 0. The summed E-state index contributed by atoms with van der Waals surface area (Å²) in [7, 11) is -3.56. The van der Waals surface area contributed by atoms with Gasteiger partial charge in [0.25, 0.3) is 0 Å². The minimum absolute atomic E-state index is 0.0506. The van der Waals surface area contributed by atoms with E-state index in [0.29, 0.717) is 37.0 Å². The van der Waals surface area contributed by atoms with E-state index in [0.717, 1.165) is 12.0 Å². The Balaban J connectivity index is 1.88. The van der Waals surface area contributed by atoms with Crippen molar-refractivity contribution in [2.45, 2.75) is 57.4 Å². The third kappa shape index (κ3) is 6.78. The van der Waals surface area contributed by atoms with E-state index in [1.807, 2.05) is 37.8 Å². The van der Waals surface area contributed by atoms with Crippen LogP contribution in [0.4, 0.5) is 4.79 Å². The minimum atomic E-state index is -3.56. The summed E-state index contributed by atoms with van der Waals surface area (Å²) < 4.78 is 27.3. The molecule has 1 aliphatic heterocycles. The second-order valence-corrected chi connectivity index (χ2v) is 10.7. The highest BCUT2D eigenvalue weighted by atomic mass is 32.2. The Bertz CT molecular complexity index is 839. The van der Waals surface area contributed by atoms with Crippen molar-refractivity contribution < 1.29 is 18.0 Å². The summed E-state index contributed by atoms with van der Waals surface area (Å²) in [5.74, 6) is -0.0179.